The molecule has 0 bridgehead atoms. The molecule has 2 atom stereocenters. The van der Waals surface area contributed by atoms with Crippen molar-refractivity contribution in [2.75, 3.05) is 0 Å². The van der Waals surface area contributed by atoms with E-state index in [2.05, 4.69) is 0 Å². The molecule has 0 aromatic rings. The highest BCUT2D eigenvalue weighted by molar-refractivity contribution is 4.75. The summed E-state index contributed by atoms with van der Waals surface area (Å²) in [7, 11) is 0. The third kappa shape index (κ3) is 2.17. The van der Waals surface area contributed by atoms with Crippen LogP contribution in [-0.4, -0.2) is 22.2 Å². The molecule has 0 saturated heterocycles. The first kappa shape index (κ1) is 9.45. The molecular formula is C8H15NO3. The number of aliphatic hydroxyl groups excluding tert-OH is 1. The Morgan fingerprint density at radius 3 is 2.50 bits per heavy atom. The fourth-order valence-electron chi connectivity index (χ4n) is 1.53. The van der Waals surface area contributed by atoms with Gasteiger partial charge in [0.2, 0.25) is 6.04 Å². The van der Waals surface area contributed by atoms with Gasteiger partial charge in [-0.15, -0.1) is 0 Å². The van der Waals surface area contributed by atoms with Crippen molar-refractivity contribution >= 4 is 0 Å². The van der Waals surface area contributed by atoms with Crippen molar-refractivity contribution in [1.82, 2.24) is 0 Å². The van der Waals surface area contributed by atoms with Crippen molar-refractivity contribution in [3.8, 4) is 0 Å². The third-order valence-corrected chi connectivity index (χ3v) is 2.63. The highest BCUT2D eigenvalue weighted by atomic mass is 16.6. The maximum atomic E-state index is 10.5. The first-order valence-electron chi connectivity index (χ1n) is 4.43. The zero-order valence-electron chi connectivity index (χ0n) is 7.27. The largest absolute Gasteiger partial charge is 0.386 e. The van der Waals surface area contributed by atoms with Gasteiger partial charge in [-0.1, -0.05) is 19.3 Å². The molecule has 0 aromatic carbocycles. The Bertz CT molecular complexity index is 166. The molecule has 70 valence electrons. The Balaban J connectivity index is 2.36. The molecule has 1 aliphatic rings. The van der Waals surface area contributed by atoms with Gasteiger partial charge in [0.15, 0.2) is 0 Å². The Kier molecular flexibility index (Phi) is 3.03. The minimum atomic E-state index is -0.819. The minimum Gasteiger partial charge on any atom is -0.386 e. The average molecular weight is 173 g/mol. The molecule has 1 saturated carbocycles. The Hall–Kier alpha value is -0.640. The van der Waals surface area contributed by atoms with Crippen LogP contribution in [0, 0.1) is 16.0 Å². The van der Waals surface area contributed by atoms with Crippen LogP contribution in [-0.2, 0) is 0 Å². The van der Waals surface area contributed by atoms with Crippen molar-refractivity contribution in [3.05, 3.63) is 10.1 Å². The van der Waals surface area contributed by atoms with Gasteiger partial charge >= 0.3 is 0 Å². The first-order valence-corrected chi connectivity index (χ1v) is 4.43. The number of rotatable bonds is 4. The van der Waals surface area contributed by atoms with E-state index < -0.39 is 12.1 Å². The molecule has 0 aromatic heterocycles. The summed E-state index contributed by atoms with van der Waals surface area (Å²) in [5.74, 6) is 0.481. The average Bonchev–Trinajstić information content (AvgIpc) is 1.82. The maximum absolute atomic E-state index is 10.5. The van der Waals surface area contributed by atoms with Crippen LogP contribution in [0.1, 0.15) is 32.6 Å². The van der Waals surface area contributed by atoms with Crippen LogP contribution in [0.3, 0.4) is 0 Å². The SMILES string of the molecule is CC(O)C(CC1CCC1)[N+](=O)[O-]. The second kappa shape index (κ2) is 3.85. The number of nitro groups is 1. The zero-order chi connectivity index (χ0) is 9.14. The van der Waals surface area contributed by atoms with Gasteiger partial charge in [-0.25, -0.2) is 0 Å². The van der Waals surface area contributed by atoms with E-state index in [9.17, 15) is 10.1 Å². The van der Waals surface area contributed by atoms with E-state index >= 15 is 0 Å². The van der Waals surface area contributed by atoms with Crippen LogP contribution in [0.5, 0.6) is 0 Å². The van der Waals surface area contributed by atoms with Crippen LogP contribution < -0.4 is 0 Å². The smallest absolute Gasteiger partial charge is 0.238 e. The molecule has 0 heterocycles. The van der Waals surface area contributed by atoms with Gasteiger partial charge in [0.25, 0.3) is 0 Å². The fraction of sp³-hybridized carbons (Fsp3) is 1.00. The molecule has 4 nitrogen and oxygen atoms in total. The Labute approximate surface area is 71.7 Å². The van der Waals surface area contributed by atoms with Gasteiger partial charge < -0.3 is 5.11 Å². The van der Waals surface area contributed by atoms with Crippen molar-refractivity contribution in [2.45, 2.75) is 44.8 Å². The molecule has 1 fully saturated rings. The molecule has 4 heteroatoms. The lowest BCUT2D eigenvalue weighted by molar-refractivity contribution is -0.536. The standard InChI is InChI=1S/C8H15NO3/c1-6(10)8(9(11)12)5-7-3-2-4-7/h6-8,10H,2-5H2,1H3. The molecule has 1 rings (SSSR count). The molecule has 1 N–H and O–H groups in total. The van der Waals surface area contributed by atoms with E-state index in [1.165, 1.54) is 13.3 Å². The van der Waals surface area contributed by atoms with Crippen molar-refractivity contribution in [3.63, 3.8) is 0 Å². The third-order valence-electron chi connectivity index (χ3n) is 2.63. The van der Waals surface area contributed by atoms with E-state index in [4.69, 9.17) is 5.11 Å². The van der Waals surface area contributed by atoms with Gasteiger partial charge in [0.05, 0.1) is 0 Å². The van der Waals surface area contributed by atoms with Gasteiger partial charge in [0.1, 0.15) is 6.10 Å². The highest BCUT2D eigenvalue weighted by Gasteiger charge is 2.32. The number of aliphatic hydroxyl groups is 1. The molecule has 0 amide bonds. The predicted octanol–water partition coefficient (Wildman–Crippen LogP) is 1.20. The van der Waals surface area contributed by atoms with Crippen molar-refractivity contribution in [2.24, 2.45) is 5.92 Å². The highest BCUT2D eigenvalue weighted by Crippen LogP contribution is 2.31. The summed E-state index contributed by atoms with van der Waals surface area (Å²) in [5.41, 5.74) is 0. The molecule has 12 heavy (non-hydrogen) atoms. The summed E-state index contributed by atoms with van der Waals surface area (Å²) in [6.07, 6.45) is 3.11. The quantitative estimate of drug-likeness (QED) is 0.513. The van der Waals surface area contributed by atoms with Crippen LogP contribution >= 0.6 is 0 Å². The number of nitrogens with zero attached hydrogens (tertiary/aromatic N) is 1. The van der Waals surface area contributed by atoms with E-state index in [0.717, 1.165) is 12.8 Å². The Morgan fingerprint density at radius 2 is 2.25 bits per heavy atom. The molecule has 1 aliphatic carbocycles. The topological polar surface area (TPSA) is 63.4 Å². The van der Waals surface area contributed by atoms with Gasteiger partial charge in [-0.2, -0.15) is 0 Å². The first-order chi connectivity index (χ1) is 5.61. The minimum absolute atomic E-state index is 0.358. The summed E-state index contributed by atoms with van der Waals surface area (Å²) < 4.78 is 0. The van der Waals surface area contributed by atoms with Crippen LogP contribution in [0.25, 0.3) is 0 Å². The molecule has 0 aliphatic heterocycles. The number of hydrogen-bond donors (Lipinski definition) is 1. The van der Waals surface area contributed by atoms with Gasteiger partial charge in [0, 0.05) is 11.3 Å². The zero-order valence-corrected chi connectivity index (χ0v) is 7.27. The monoisotopic (exact) mass is 173 g/mol. The lowest BCUT2D eigenvalue weighted by atomic mass is 9.80. The van der Waals surface area contributed by atoms with Crippen LogP contribution in [0.15, 0.2) is 0 Å². The van der Waals surface area contributed by atoms with E-state index in [1.807, 2.05) is 0 Å². The summed E-state index contributed by atoms with van der Waals surface area (Å²) in [4.78, 5) is 10.1. The van der Waals surface area contributed by atoms with E-state index in [1.54, 1.807) is 0 Å². The Morgan fingerprint density at radius 1 is 1.67 bits per heavy atom. The van der Waals surface area contributed by atoms with Crippen LogP contribution in [0.4, 0.5) is 0 Å². The van der Waals surface area contributed by atoms with Gasteiger partial charge in [-0.3, -0.25) is 10.1 Å². The van der Waals surface area contributed by atoms with Crippen molar-refractivity contribution in [1.29, 1.82) is 0 Å². The summed E-state index contributed by atoms with van der Waals surface area (Å²) in [5, 5.41) is 19.6. The lowest BCUT2D eigenvalue weighted by Crippen LogP contribution is -2.34. The maximum Gasteiger partial charge on any atom is 0.238 e. The normalized spacial score (nSPS) is 22.8. The molecule has 0 spiro atoms. The second-order valence-corrected chi connectivity index (χ2v) is 3.63. The van der Waals surface area contributed by atoms with Crippen LogP contribution in [0.2, 0.25) is 0 Å². The summed E-state index contributed by atoms with van der Waals surface area (Å²) in [6, 6.07) is -0.754. The summed E-state index contributed by atoms with van der Waals surface area (Å²) >= 11 is 0. The van der Waals surface area contributed by atoms with Gasteiger partial charge in [-0.05, 0) is 12.8 Å². The summed E-state index contributed by atoms with van der Waals surface area (Å²) in [6.45, 7) is 1.49. The van der Waals surface area contributed by atoms with E-state index in [-0.39, 0.29) is 4.92 Å². The predicted molar refractivity (Wildman–Crippen MR) is 44.4 cm³/mol. The fourth-order valence-corrected chi connectivity index (χ4v) is 1.53. The molecule has 0 radical (unpaired) electrons. The second-order valence-electron chi connectivity index (χ2n) is 3.63. The number of hydrogen-bond acceptors (Lipinski definition) is 3. The van der Waals surface area contributed by atoms with Crippen molar-refractivity contribution < 1.29 is 10.0 Å². The molecular weight excluding hydrogens is 158 g/mol. The van der Waals surface area contributed by atoms with E-state index in [0.29, 0.717) is 12.3 Å². The molecule has 2 unspecified atom stereocenters. The lowest BCUT2D eigenvalue weighted by Gasteiger charge is -2.27.